The molecule has 6 heavy (non-hydrogen) atoms. The van der Waals surface area contributed by atoms with Crippen LogP contribution >= 0.6 is 0 Å². The highest BCUT2D eigenvalue weighted by Crippen LogP contribution is 0.619. The Kier molecular flexibility index (Phi) is 8760000. The molecular weight excluding hydrogens is 89.4 g/mol. The van der Waals surface area contributed by atoms with Gasteiger partial charge in [0.1, 0.15) is 0 Å². The van der Waals surface area contributed by atoms with E-state index >= 15 is 0 Å². The molecule has 0 heterocycles. The zero-order valence-electron chi connectivity index (χ0n) is 2.96. The highest BCUT2D eigenvalue weighted by Gasteiger charge is 1.00. The molecule has 0 aromatic heterocycles. The Labute approximate surface area is 39.2 Å². The van der Waals surface area contributed by atoms with Crippen molar-refractivity contribution in [2.45, 2.75) is 0 Å². The maximum Gasteiger partial charge on any atom is 0 e. The van der Waals surface area contributed by atoms with Gasteiger partial charge in [-0.3, -0.25) is 14.1 Å². The maximum atomic E-state index is 4.00. The van der Waals surface area contributed by atoms with Crippen LogP contribution in [0.5, 0.6) is 0 Å². The van der Waals surface area contributed by atoms with Gasteiger partial charge in [-0.25, -0.2) is 0 Å². The lowest BCUT2D eigenvalue weighted by molar-refractivity contribution is 1.11. The quantitative estimate of drug-likeness (QED) is 0.347. The Morgan fingerprint density at radius 2 is 0.667 bits per heavy atom. The van der Waals surface area contributed by atoms with E-state index in [1.165, 1.54) is 0 Å². The summed E-state index contributed by atoms with van der Waals surface area (Å²) >= 11 is 0. The predicted octanol–water partition coefficient (Wildman–Crippen LogP) is -0.685. The molecule has 0 rings (SSSR count). The number of rotatable bonds is 0. The summed E-state index contributed by atoms with van der Waals surface area (Å²) in [6, 6.07) is 0. The lowest BCUT2D eigenvalue weighted by Gasteiger charge is -1.00. The SMILES string of the molecule is F.F.F.[B].[B][B]. The summed E-state index contributed by atoms with van der Waals surface area (Å²) < 4.78 is 0. The largest absolute Gasteiger partial charge is 0.269 e. The lowest BCUT2D eigenvalue weighted by Crippen LogP contribution is -1.38. The van der Waals surface area contributed by atoms with Crippen molar-refractivity contribution in [3.63, 3.8) is 0 Å². The third kappa shape index (κ3) is 154000. The first-order chi connectivity index (χ1) is 1.00. The van der Waals surface area contributed by atoms with Crippen molar-refractivity contribution in [1.29, 1.82) is 0 Å². The van der Waals surface area contributed by atoms with E-state index in [0.29, 0.717) is 0 Å². The van der Waals surface area contributed by atoms with Crippen LogP contribution < -0.4 is 0 Å². The predicted molar refractivity (Wildman–Crippen MR) is 24.8 cm³/mol. The van der Waals surface area contributed by atoms with Gasteiger partial charge in [-0.1, -0.05) is 0 Å². The molecule has 0 saturated carbocycles. The first-order valence-corrected chi connectivity index (χ1v) is 0.333. The van der Waals surface area contributed by atoms with Crippen molar-refractivity contribution in [2.75, 3.05) is 0 Å². The lowest BCUT2D eigenvalue weighted by atomic mass is 9.81. The van der Waals surface area contributed by atoms with E-state index in [9.17, 15) is 0 Å². The van der Waals surface area contributed by atoms with E-state index < -0.39 is 0 Å². The zero-order valence-corrected chi connectivity index (χ0v) is 2.96. The van der Waals surface area contributed by atoms with Crippen LogP contribution in [0.4, 0.5) is 14.1 Å². The highest BCUT2D eigenvalue weighted by atomic mass is 19.0. The first kappa shape index (κ1) is 153. The summed E-state index contributed by atoms with van der Waals surface area (Å²) in [7, 11) is 8.00. The summed E-state index contributed by atoms with van der Waals surface area (Å²) in [5.41, 5.74) is 0. The number of halogens is 3. The van der Waals surface area contributed by atoms with Gasteiger partial charge in [-0.15, -0.1) is 0 Å². The molecule has 0 unspecified atom stereocenters. The molecule has 33 valence electrons. The molecule has 0 saturated heterocycles. The molecule has 0 aliphatic carbocycles. The Morgan fingerprint density at radius 3 is 0.667 bits per heavy atom. The molecule has 0 nitrogen and oxygen atoms in total. The average molecular weight is 92.5 g/mol. The van der Waals surface area contributed by atoms with Gasteiger partial charge >= 0.3 is 0 Å². The Balaban J connectivity index is -0.000000000833. The second-order valence-corrected chi connectivity index (χ2v) is 0. The normalized spacial score (nSPS) is 0.667. The van der Waals surface area contributed by atoms with Crippen LogP contribution in [0.3, 0.4) is 0 Å². The highest BCUT2D eigenvalue weighted by molar-refractivity contribution is 6.75. The molecule has 0 aliphatic rings. The fourth-order valence-electron chi connectivity index (χ4n) is 0. The summed E-state index contributed by atoms with van der Waals surface area (Å²) in [5.74, 6) is 0. The Bertz CT molecular complexity index is 6.00. The topological polar surface area (TPSA) is 0 Å². The monoisotopic (exact) mass is 93.0 g/mol. The first-order valence-electron chi connectivity index (χ1n) is 0.333. The summed E-state index contributed by atoms with van der Waals surface area (Å²) in [4.78, 5) is 0. The minimum atomic E-state index is 0. The molecule has 0 bridgehead atoms. The van der Waals surface area contributed by atoms with Crippen molar-refractivity contribution in [1.82, 2.24) is 0 Å². The van der Waals surface area contributed by atoms with Gasteiger partial charge in [0.25, 0.3) is 0 Å². The smallest absolute Gasteiger partial charge is 0 e. The molecule has 0 aliphatic heterocycles. The molecule has 7 radical (unpaired) electrons. The van der Waals surface area contributed by atoms with E-state index in [1.807, 2.05) is 0 Å². The van der Waals surface area contributed by atoms with Crippen LogP contribution in [0.1, 0.15) is 0 Å². The standard InChI is InChI=1S/B2.B.3FH/c1-2;;;;/h;;3*1H. The molecule has 0 aromatic rings. The Hall–Kier alpha value is -0.0152. The zero-order chi connectivity index (χ0) is 2.00. The van der Waals surface area contributed by atoms with Crippen LogP contribution in [0, 0.1) is 0 Å². The van der Waals surface area contributed by atoms with Crippen molar-refractivity contribution in [3.05, 3.63) is 0 Å². The van der Waals surface area contributed by atoms with Crippen LogP contribution in [-0.2, 0) is 0 Å². The number of hydrogen-bond acceptors (Lipinski definition) is 0. The van der Waals surface area contributed by atoms with E-state index in [-0.39, 0.29) is 22.5 Å². The average Bonchev–Trinajstić information content (AvgIpc) is 1.00. The van der Waals surface area contributed by atoms with Crippen molar-refractivity contribution in [3.8, 4) is 0 Å². The number of hydrogen-bond donors (Lipinski definition) is 0. The minimum Gasteiger partial charge on any atom is -0.269 e. The fraction of sp³-hybridized carbons (Fsp3) is 0. The maximum absolute atomic E-state index is 4.00. The molecule has 0 aromatic carbocycles. The van der Waals surface area contributed by atoms with Crippen molar-refractivity contribution < 1.29 is 14.1 Å². The van der Waals surface area contributed by atoms with Gasteiger partial charge in [0, 0.05) is 23.9 Å². The van der Waals surface area contributed by atoms with Gasteiger partial charge < -0.3 is 0 Å². The second-order valence-electron chi connectivity index (χ2n) is 0. The Morgan fingerprint density at radius 1 is 0.667 bits per heavy atom. The van der Waals surface area contributed by atoms with E-state index in [2.05, 4.69) is 15.5 Å². The molecule has 0 spiro atoms. The third-order valence-electron chi connectivity index (χ3n) is 0. The summed E-state index contributed by atoms with van der Waals surface area (Å²) in [5, 5.41) is 0. The van der Waals surface area contributed by atoms with Crippen LogP contribution in [0.25, 0.3) is 0 Å². The van der Waals surface area contributed by atoms with Crippen molar-refractivity contribution >= 4 is 23.9 Å². The minimum absolute atomic E-state index is 0. The molecular formula is H3B3F3. The molecule has 0 amide bonds. The van der Waals surface area contributed by atoms with Gasteiger partial charge in [-0.05, 0) is 0 Å². The van der Waals surface area contributed by atoms with Crippen LogP contribution in [0.15, 0.2) is 0 Å². The third-order valence-corrected chi connectivity index (χ3v) is 0. The van der Waals surface area contributed by atoms with Gasteiger partial charge in [0.15, 0.2) is 0 Å². The van der Waals surface area contributed by atoms with E-state index in [4.69, 9.17) is 0 Å². The van der Waals surface area contributed by atoms with E-state index in [0.717, 1.165) is 0 Å². The second kappa shape index (κ2) is 343000. The molecule has 0 fully saturated rings. The van der Waals surface area contributed by atoms with Gasteiger partial charge in [0.2, 0.25) is 0 Å². The van der Waals surface area contributed by atoms with Gasteiger partial charge in [-0.2, -0.15) is 0 Å². The molecule has 6 heteroatoms. The summed E-state index contributed by atoms with van der Waals surface area (Å²) in [6.07, 6.45) is 0. The van der Waals surface area contributed by atoms with Crippen LogP contribution in [-0.4, -0.2) is 23.9 Å². The molecule has 0 atom stereocenters. The fourth-order valence-corrected chi connectivity index (χ4v) is 0. The van der Waals surface area contributed by atoms with Crippen molar-refractivity contribution in [2.24, 2.45) is 0 Å². The summed E-state index contributed by atoms with van der Waals surface area (Å²) in [6.45, 7) is 0. The van der Waals surface area contributed by atoms with E-state index in [1.54, 1.807) is 0 Å². The molecule has 0 N–H and O–H groups in total. The van der Waals surface area contributed by atoms with Crippen LogP contribution in [0.2, 0.25) is 0 Å². The van der Waals surface area contributed by atoms with Gasteiger partial charge in [0.05, 0.1) is 0 Å².